The first-order valence-electron chi connectivity index (χ1n) is 6.69. The molecule has 0 radical (unpaired) electrons. The molecule has 116 valence electrons. The Hall–Kier alpha value is -0.790. The number of carbonyl (C=O) groups is 2. The number of likely N-dealkylation sites (N-methyl/N-ethyl adjacent to an activating group) is 1. The van der Waals surface area contributed by atoms with Crippen molar-refractivity contribution in [1.82, 2.24) is 9.80 Å². The molecule has 1 rings (SSSR count). The summed E-state index contributed by atoms with van der Waals surface area (Å²) in [6, 6.07) is 0. The van der Waals surface area contributed by atoms with Crippen LogP contribution in [0.2, 0.25) is 0 Å². The number of aliphatic hydroxyl groups is 1. The molecule has 0 bridgehead atoms. The standard InChI is InChI=1S/C13H24N2O4S/c1-13(2,10-16)14(3)11(17)8-20-9-12(18)15-4-6-19-7-5-15/h16H,4-10H2,1-3H3. The number of hydrogen-bond donors (Lipinski definition) is 1. The first-order chi connectivity index (χ1) is 9.38. The first-order valence-corrected chi connectivity index (χ1v) is 7.85. The molecule has 0 spiro atoms. The third kappa shape index (κ3) is 4.96. The molecule has 0 saturated carbocycles. The molecule has 0 aliphatic carbocycles. The number of ether oxygens (including phenoxy) is 1. The number of morpholine rings is 1. The molecule has 6 nitrogen and oxygen atoms in total. The van der Waals surface area contributed by atoms with Gasteiger partial charge in [-0.3, -0.25) is 9.59 Å². The summed E-state index contributed by atoms with van der Waals surface area (Å²) >= 11 is 1.31. The predicted octanol–water partition coefficient (Wildman–Crippen LogP) is -0.192. The van der Waals surface area contributed by atoms with Crippen LogP contribution < -0.4 is 0 Å². The number of thioether (sulfide) groups is 1. The van der Waals surface area contributed by atoms with Crippen LogP contribution in [0.25, 0.3) is 0 Å². The summed E-state index contributed by atoms with van der Waals surface area (Å²) < 4.78 is 5.19. The number of aliphatic hydroxyl groups excluding tert-OH is 1. The van der Waals surface area contributed by atoms with Crippen LogP contribution in [0.4, 0.5) is 0 Å². The molecular weight excluding hydrogens is 280 g/mol. The fraction of sp³-hybridized carbons (Fsp3) is 0.846. The molecule has 1 N–H and O–H groups in total. The van der Waals surface area contributed by atoms with Crippen molar-refractivity contribution in [3.05, 3.63) is 0 Å². The average Bonchev–Trinajstić information content (AvgIpc) is 2.47. The molecule has 1 aliphatic rings. The zero-order valence-electron chi connectivity index (χ0n) is 12.4. The van der Waals surface area contributed by atoms with E-state index < -0.39 is 5.54 Å². The number of rotatable bonds is 6. The lowest BCUT2D eigenvalue weighted by Crippen LogP contribution is -2.48. The van der Waals surface area contributed by atoms with Gasteiger partial charge in [-0.2, -0.15) is 0 Å². The molecule has 2 amide bonds. The Bertz CT molecular complexity index is 343. The molecule has 0 aromatic heterocycles. The molecule has 7 heteroatoms. The van der Waals surface area contributed by atoms with Crippen molar-refractivity contribution in [3.63, 3.8) is 0 Å². The third-order valence-corrected chi connectivity index (χ3v) is 4.39. The zero-order chi connectivity index (χ0) is 15.2. The van der Waals surface area contributed by atoms with E-state index in [1.54, 1.807) is 25.8 Å². The zero-order valence-corrected chi connectivity index (χ0v) is 13.2. The SMILES string of the molecule is CN(C(=O)CSCC(=O)N1CCOCC1)C(C)(C)CO. The second-order valence-corrected chi connectivity index (χ2v) is 6.39. The van der Waals surface area contributed by atoms with Crippen LogP contribution in [0.5, 0.6) is 0 Å². The molecule has 0 unspecified atom stereocenters. The van der Waals surface area contributed by atoms with E-state index in [4.69, 9.17) is 4.74 Å². The van der Waals surface area contributed by atoms with E-state index in [1.165, 1.54) is 16.7 Å². The van der Waals surface area contributed by atoms with Gasteiger partial charge in [0, 0.05) is 20.1 Å². The Morgan fingerprint density at radius 3 is 2.45 bits per heavy atom. The molecule has 1 heterocycles. The number of amides is 2. The Morgan fingerprint density at radius 1 is 1.30 bits per heavy atom. The third-order valence-electron chi connectivity index (χ3n) is 3.48. The minimum Gasteiger partial charge on any atom is -0.394 e. The highest BCUT2D eigenvalue weighted by Gasteiger charge is 2.26. The second kappa shape index (κ2) is 7.85. The van der Waals surface area contributed by atoms with E-state index in [0.717, 1.165) is 0 Å². The van der Waals surface area contributed by atoms with Crippen LogP contribution >= 0.6 is 11.8 Å². The molecule has 1 aliphatic heterocycles. The molecule has 0 aromatic carbocycles. The van der Waals surface area contributed by atoms with E-state index in [2.05, 4.69) is 0 Å². The van der Waals surface area contributed by atoms with Gasteiger partial charge in [-0.1, -0.05) is 0 Å². The van der Waals surface area contributed by atoms with Crippen molar-refractivity contribution >= 4 is 23.6 Å². The van der Waals surface area contributed by atoms with E-state index in [0.29, 0.717) is 32.1 Å². The summed E-state index contributed by atoms with van der Waals surface area (Å²) in [5.41, 5.74) is -0.578. The molecular formula is C13H24N2O4S. The van der Waals surface area contributed by atoms with Crippen molar-refractivity contribution < 1.29 is 19.4 Å². The number of nitrogens with zero attached hydrogens (tertiary/aromatic N) is 2. The molecule has 0 atom stereocenters. The minimum absolute atomic E-state index is 0.0511. The number of hydrogen-bond acceptors (Lipinski definition) is 5. The topological polar surface area (TPSA) is 70.1 Å². The van der Waals surface area contributed by atoms with Crippen LogP contribution in [-0.2, 0) is 14.3 Å². The van der Waals surface area contributed by atoms with Crippen LogP contribution in [-0.4, -0.2) is 83.7 Å². The molecule has 0 aromatic rings. The Morgan fingerprint density at radius 2 is 1.90 bits per heavy atom. The van der Waals surface area contributed by atoms with Crippen molar-refractivity contribution in [2.45, 2.75) is 19.4 Å². The summed E-state index contributed by atoms with van der Waals surface area (Å²) in [5.74, 6) is 0.522. The average molecular weight is 304 g/mol. The predicted molar refractivity (Wildman–Crippen MR) is 78.7 cm³/mol. The monoisotopic (exact) mass is 304 g/mol. The summed E-state index contributed by atoms with van der Waals surface area (Å²) in [6.45, 7) is 5.94. The molecule has 1 saturated heterocycles. The van der Waals surface area contributed by atoms with Crippen LogP contribution in [0.1, 0.15) is 13.8 Å². The highest BCUT2D eigenvalue weighted by molar-refractivity contribution is 8.00. The van der Waals surface area contributed by atoms with Gasteiger partial charge in [-0.25, -0.2) is 0 Å². The number of carbonyl (C=O) groups excluding carboxylic acids is 2. The largest absolute Gasteiger partial charge is 0.394 e. The quantitative estimate of drug-likeness (QED) is 0.736. The highest BCUT2D eigenvalue weighted by atomic mass is 32.2. The van der Waals surface area contributed by atoms with Gasteiger partial charge >= 0.3 is 0 Å². The van der Waals surface area contributed by atoms with Gasteiger partial charge in [0.2, 0.25) is 11.8 Å². The lowest BCUT2D eigenvalue weighted by molar-refractivity contribution is -0.133. The Kier molecular flexibility index (Phi) is 6.78. The van der Waals surface area contributed by atoms with Gasteiger partial charge in [0.1, 0.15) is 0 Å². The van der Waals surface area contributed by atoms with Gasteiger partial charge in [-0.05, 0) is 13.8 Å². The maximum Gasteiger partial charge on any atom is 0.232 e. The maximum absolute atomic E-state index is 12.0. The van der Waals surface area contributed by atoms with Gasteiger partial charge < -0.3 is 19.6 Å². The Balaban J connectivity index is 2.29. The minimum atomic E-state index is -0.578. The smallest absolute Gasteiger partial charge is 0.232 e. The fourth-order valence-corrected chi connectivity index (χ4v) is 2.50. The van der Waals surface area contributed by atoms with E-state index >= 15 is 0 Å². The van der Waals surface area contributed by atoms with Crippen molar-refractivity contribution in [2.24, 2.45) is 0 Å². The normalized spacial score (nSPS) is 16.1. The van der Waals surface area contributed by atoms with Gasteiger partial charge in [0.05, 0.1) is 36.9 Å². The maximum atomic E-state index is 12.0. The second-order valence-electron chi connectivity index (χ2n) is 5.41. The van der Waals surface area contributed by atoms with Crippen LogP contribution in [0, 0.1) is 0 Å². The lowest BCUT2D eigenvalue weighted by Gasteiger charge is -2.34. The van der Waals surface area contributed by atoms with Crippen molar-refractivity contribution in [1.29, 1.82) is 0 Å². The Labute approximate surface area is 124 Å². The van der Waals surface area contributed by atoms with Crippen molar-refractivity contribution in [2.75, 3.05) is 51.5 Å². The highest BCUT2D eigenvalue weighted by Crippen LogP contribution is 2.14. The van der Waals surface area contributed by atoms with Crippen LogP contribution in [0.15, 0.2) is 0 Å². The van der Waals surface area contributed by atoms with E-state index in [9.17, 15) is 14.7 Å². The van der Waals surface area contributed by atoms with E-state index in [1.807, 2.05) is 0 Å². The summed E-state index contributed by atoms with van der Waals surface area (Å²) in [4.78, 5) is 27.1. The molecule has 20 heavy (non-hydrogen) atoms. The van der Waals surface area contributed by atoms with Gasteiger partial charge in [0.25, 0.3) is 0 Å². The fourth-order valence-electron chi connectivity index (χ4n) is 1.67. The van der Waals surface area contributed by atoms with Gasteiger partial charge in [0.15, 0.2) is 0 Å². The lowest BCUT2D eigenvalue weighted by atomic mass is 10.1. The van der Waals surface area contributed by atoms with Gasteiger partial charge in [-0.15, -0.1) is 11.8 Å². The summed E-state index contributed by atoms with van der Waals surface area (Å²) in [5, 5.41) is 9.22. The van der Waals surface area contributed by atoms with E-state index in [-0.39, 0.29) is 24.2 Å². The summed E-state index contributed by atoms with van der Waals surface area (Å²) in [6.07, 6.45) is 0. The van der Waals surface area contributed by atoms with Crippen molar-refractivity contribution in [3.8, 4) is 0 Å². The first kappa shape index (κ1) is 17.3. The van der Waals surface area contributed by atoms with Crippen LogP contribution in [0.3, 0.4) is 0 Å². The molecule has 1 fully saturated rings. The summed E-state index contributed by atoms with van der Waals surface area (Å²) in [7, 11) is 1.67.